The first-order valence-corrected chi connectivity index (χ1v) is 7.32. The van der Waals surface area contributed by atoms with Crippen molar-refractivity contribution in [3.63, 3.8) is 0 Å². The summed E-state index contributed by atoms with van der Waals surface area (Å²) in [7, 11) is -2.94. The van der Waals surface area contributed by atoms with E-state index in [0.717, 1.165) is 13.2 Å². The van der Waals surface area contributed by atoms with Crippen molar-refractivity contribution >= 4 is 16.0 Å². The third-order valence-electron chi connectivity index (χ3n) is 2.71. The van der Waals surface area contributed by atoms with Gasteiger partial charge in [0.2, 0.25) is 10.0 Å². The summed E-state index contributed by atoms with van der Waals surface area (Å²) < 4.78 is 56.5. The second-order valence-electron chi connectivity index (χ2n) is 4.17. The van der Waals surface area contributed by atoms with Gasteiger partial charge in [-0.2, -0.15) is 8.78 Å². The van der Waals surface area contributed by atoms with Gasteiger partial charge in [0, 0.05) is 12.2 Å². The molecule has 0 radical (unpaired) electrons. The maximum Gasteiger partial charge on any atom is 0.354 e. The summed E-state index contributed by atoms with van der Waals surface area (Å²) in [4.78, 5) is 11.0. The first-order chi connectivity index (χ1) is 9.22. The topological polar surface area (TPSA) is 77.4 Å². The van der Waals surface area contributed by atoms with E-state index >= 15 is 0 Å². The van der Waals surface area contributed by atoms with Crippen LogP contribution >= 0.6 is 0 Å². The van der Waals surface area contributed by atoms with E-state index in [4.69, 9.17) is 0 Å². The number of alkyl halides is 2. The number of methoxy groups -OCH3 is 1. The van der Waals surface area contributed by atoms with E-state index in [-0.39, 0.29) is 10.6 Å². The number of halogens is 2. The number of sulfonamides is 1. The van der Waals surface area contributed by atoms with Crippen LogP contribution in [-0.4, -0.2) is 32.1 Å². The number of esters is 1. The molecule has 1 aromatic rings. The Labute approximate surface area is 115 Å². The lowest BCUT2D eigenvalue weighted by Crippen LogP contribution is -2.31. The van der Waals surface area contributed by atoms with Gasteiger partial charge in [0.25, 0.3) is 0 Å². The molecule has 0 aromatic carbocycles. The highest BCUT2D eigenvalue weighted by atomic mass is 32.2. The van der Waals surface area contributed by atoms with Gasteiger partial charge in [-0.05, 0) is 19.4 Å². The number of ether oxygens (including phenoxy) is 1. The van der Waals surface area contributed by atoms with Crippen LogP contribution in [0.25, 0.3) is 0 Å². The molecule has 0 saturated carbocycles. The van der Waals surface area contributed by atoms with Gasteiger partial charge in [0.1, 0.15) is 10.6 Å². The van der Waals surface area contributed by atoms with Gasteiger partial charge in [0.05, 0.1) is 7.11 Å². The lowest BCUT2D eigenvalue weighted by Gasteiger charge is -2.10. The Hall–Kier alpha value is -1.48. The number of nitrogens with zero attached hydrogens (tertiary/aromatic N) is 1. The van der Waals surface area contributed by atoms with E-state index < -0.39 is 33.1 Å². The third kappa shape index (κ3) is 3.54. The summed E-state index contributed by atoms with van der Waals surface area (Å²) in [5.41, 5.74) is -0.521. The monoisotopic (exact) mass is 310 g/mol. The highest BCUT2D eigenvalue weighted by Crippen LogP contribution is 2.21. The van der Waals surface area contributed by atoms with Crippen LogP contribution in [0, 0.1) is 0 Å². The molecule has 20 heavy (non-hydrogen) atoms. The first-order valence-electron chi connectivity index (χ1n) is 5.83. The van der Waals surface area contributed by atoms with E-state index in [1.807, 2.05) is 0 Å². The largest absolute Gasteiger partial charge is 0.464 e. The molecular weight excluding hydrogens is 294 g/mol. The average molecular weight is 310 g/mol. The highest BCUT2D eigenvalue weighted by Gasteiger charge is 2.25. The number of hydrogen-bond donors (Lipinski definition) is 1. The Morgan fingerprint density at radius 2 is 2.10 bits per heavy atom. The molecular formula is C11H16F2N2O4S. The Morgan fingerprint density at radius 1 is 1.50 bits per heavy atom. The van der Waals surface area contributed by atoms with Crippen LogP contribution in [0.3, 0.4) is 0 Å². The van der Waals surface area contributed by atoms with Gasteiger partial charge in [-0.25, -0.2) is 17.9 Å². The molecule has 0 saturated heterocycles. The predicted molar refractivity (Wildman–Crippen MR) is 67.1 cm³/mol. The van der Waals surface area contributed by atoms with Crippen LogP contribution in [0.2, 0.25) is 0 Å². The molecule has 0 aliphatic heterocycles. The molecule has 1 heterocycles. The van der Waals surface area contributed by atoms with Crippen LogP contribution in [0.4, 0.5) is 8.78 Å². The standard InChI is InChI=1S/C11H16F2N2O4S/c1-4-7(2)14-20(17,18)8-5-9(10(16)19-3)15(6-8)11(12)13/h5-7,11,14H,4H2,1-3H3/t7-/m1/s1. The van der Waals surface area contributed by atoms with Crippen LogP contribution < -0.4 is 4.72 Å². The minimum absolute atomic E-state index is 0.261. The molecule has 9 heteroatoms. The highest BCUT2D eigenvalue weighted by molar-refractivity contribution is 7.89. The van der Waals surface area contributed by atoms with Crippen molar-refractivity contribution in [1.82, 2.24) is 9.29 Å². The van der Waals surface area contributed by atoms with Gasteiger partial charge in [-0.15, -0.1) is 0 Å². The molecule has 1 atom stereocenters. The van der Waals surface area contributed by atoms with E-state index in [1.165, 1.54) is 0 Å². The number of carbonyl (C=O) groups is 1. The molecule has 0 aliphatic carbocycles. The third-order valence-corrected chi connectivity index (χ3v) is 4.26. The second kappa shape index (κ2) is 6.31. The second-order valence-corrected chi connectivity index (χ2v) is 5.88. The predicted octanol–water partition coefficient (Wildman–Crippen LogP) is 1.75. The molecule has 0 unspecified atom stereocenters. The molecule has 0 fully saturated rings. The summed E-state index contributed by atoms with van der Waals surface area (Å²) in [6.45, 7) is 0.372. The molecule has 6 nitrogen and oxygen atoms in total. The quantitative estimate of drug-likeness (QED) is 0.812. The van der Waals surface area contributed by atoms with Gasteiger partial charge in [-0.3, -0.25) is 4.57 Å². The number of rotatable bonds is 6. The molecule has 1 aromatic heterocycles. The van der Waals surface area contributed by atoms with Crippen LogP contribution in [0.1, 0.15) is 37.3 Å². The number of hydrogen-bond acceptors (Lipinski definition) is 4. The van der Waals surface area contributed by atoms with Crippen molar-refractivity contribution in [2.75, 3.05) is 7.11 Å². The zero-order valence-corrected chi connectivity index (χ0v) is 12.1. The van der Waals surface area contributed by atoms with E-state index in [1.54, 1.807) is 13.8 Å². The van der Waals surface area contributed by atoms with Crippen molar-refractivity contribution in [2.24, 2.45) is 0 Å². The molecule has 0 aliphatic rings. The van der Waals surface area contributed by atoms with Gasteiger partial charge >= 0.3 is 12.5 Å². The number of nitrogens with one attached hydrogen (secondary N) is 1. The van der Waals surface area contributed by atoms with Gasteiger partial charge in [-0.1, -0.05) is 6.92 Å². The van der Waals surface area contributed by atoms with E-state index in [9.17, 15) is 22.0 Å². The summed E-state index contributed by atoms with van der Waals surface area (Å²) >= 11 is 0. The van der Waals surface area contributed by atoms with E-state index in [0.29, 0.717) is 12.6 Å². The Kier molecular flexibility index (Phi) is 5.23. The molecule has 0 spiro atoms. The van der Waals surface area contributed by atoms with Gasteiger partial charge in [0.15, 0.2) is 0 Å². The van der Waals surface area contributed by atoms with Crippen molar-refractivity contribution in [3.05, 3.63) is 18.0 Å². The summed E-state index contributed by atoms with van der Waals surface area (Å²) in [5.74, 6) is -1.03. The maximum absolute atomic E-state index is 12.8. The van der Waals surface area contributed by atoms with Crippen molar-refractivity contribution in [3.8, 4) is 0 Å². The molecule has 0 amide bonds. The number of aromatic nitrogens is 1. The first kappa shape index (κ1) is 16.6. The Balaban J connectivity index is 3.24. The minimum Gasteiger partial charge on any atom is -0.464 e. The SMILES string of the molecule is CC[C@@H](C)NS(=O)(=O)c1cc(C(=O)OC)n(C(F)F)c1. The molecule has 1 rings (SSSR count). The summed E-state index contributed by atoms with van der Waals surface area (Å²) in [5, 5.41) is 0. The van der Waals surface area contributed by atoms with Crippen LogP contribution in [-0.2, 0) is 14.8 Å². The van der Waals surface area contributed by atoms with Crippen molar-refractivity contribution in [2.45, 2.75) is 37.8 Å². The smallest absolute Gasteiger partial charge is 0.354 e. The van der Waals surface area contributed by atoms with Crippen molar-refractivity contribution < 1.29 is 26.7 Å². The molecule has 114 valence electrons. The van der Waals surface area contributed by atoms with Crippen LogP contribution in [0.15, 0.2) is 17.2 Å². The summed E-state index contributed by atoms with van der Waals surface area (Å²) in [6.07, 6.45) is 1.25. The minimum atomic E-state index is -3.96. The van der Waals surface area contributed by atoms with Crippen LogP contribution in [0.5, 0.6) is 0 Å². The van der Waals surface area contributed by atoms with Gasteiger partial charge < -0.3 is 4.74 Å². The lowest BCUT2D eigenvalue weighted by atomic mass is 10.3. The Bertz CT molecular complexity index is 583. The zero-order chi connectivity index (χ0) is 15.5. The maximum atomic E-state index is 12.8. The number of carbonyl (C=O) groups excluding carboxylic acids is 1. The Morgan fingerprint density at radius 3 is 2.55 bits per heavy atom. The zero-order valence-electron chi connectivity index (χ0n) is 11.3. The fraction of sp³-hybridized carbons (Fsp3) is 0.545. The van der Waals surface area contributed by atoms with E-state index in [2.05, 4.69) is 9.46 Å². The van der Waals surface area contributed by atoms with Crippen molar-refractivity contribution in [1.29, 1.82) is 0 Å². The lowest BCUT2D eigenvalue weighted by molar-refractivity contribution is 0.0467. The summed E-state index contributed by atoms with van der Waals surface area (Å²) in [6, 6.07) is 0.513. The fourth-order valence-corrected chi connectivity index (χ4v) is 2.80. The normalized spacial score (nSPS) is 13.5. The average Bonchev–Trinajstić information content (AvgIpc) is 2.83. The molecule has 0 bridgehead atoms. The fourth-order valence-electron chi connectivity index (χ4n) is 1.45. The molecule has 1 N–H and O–H groups in total.